The average Bonchev–Trinajstić information content (AvgIpc) is 3.25. The summed E-state index contributed by atoms with van der Waals surface area (Å²) in [4.78, 5) is 2.39. The Bertz CT molecular complexity index is 449. The van der Waals surface area contributed by atoms with Crippen molar-refractivity contribution in [1.29, 1.82) is 0 Å². The number of aromatic hydroxyl groups is 1. The minimum atomic E-state index is 0.225. The minimum absolute atomic E-state index is 0.225. The second kappa shape index (κ2) is 7.29. The van der Waals surface area contributed by atoms with Crippen LogP contribution in [0.2, 0.25) is 0 Å². The topological polar surface area (TPSA) is 52.9 Å². The summed E-state index contributed by atoms with van der Waals surface area (Å²) in [6.07, 6.45) is 4.27. The van der Waals surface area contributed by atoms with E-state index in [9.17, 15) is 5.11 Å². The molecule has 1 aliphatic carbocycles. The van der Waals surface area contributed by atoms with Crippen molar-refractivity contribution in [3.05, 3.63) is 22.2 Å². The van der Waals surface area contributed by atoms with Crippen LogP contribution in [0.15, 0.2) is 16.6 Å². The molecule has 2 N–H and O–H groups in total. The van der Waals surface area contributed by atoms with Gasteiger partial charge in [0, 0.05) is 29.2 Å². The van der Waals surface area contributed by atoms with Gasteiger partial charge in [0.15, 0.2) is 11.5 Å². The smallest absolute Gasteiger partial charge is 0.162 e. The summed E-state index contributed by atoms with van der Waals surface area (Å²) < 4.78 is 6.10. The Morgan fingerprint density at radius 3 is 2.70 bits per heavy atom. The van der Waals surface area contributed by atoms with Crippen LogP contribution in [-0.4, -0.2) is 41.4 Å². The van der Waals surface area contributed by atoms with Gasteiger partial charge in [-0.15, -0.1) is 0 Å². The molecular formula is C15H22BrNO3. The van der Waals surface area contributed by atoms with E-state index in [1.807, 2.05) is 6.07 Å². The first-order valence-corrected chi connectivity index (χ1v) is 7.85. The van der Waals surface area contributed by atoms with Gasteiger partial charge in [0.05, 0.1) is 7.11 Å². The number of phenolic OH excluding ortho intramolecular Hbond substituents is 1. The van der Waals surface area contributed by atoms with Gasteiger partial charge in [-0.05, 0) is 44.4 Å². The van der Waals surface area contributed by atoms with Crippen molar-refractivity contribution in [3.8, 4) is 11.5 Å². The number of aliphatic hydroxyl groups is 1. The fourth-order valence-corrected chi connectivity index (χ4v) is 2.86. The standard InChI is InChI=1S/C15H22BrNO3/c1-20-14-9-12(16)8-11(15(14)19)10-17(13-4-5-13)6-2-3-7-18/h8-9,13,18-19H,2-7,10H2,1H3. The molecule has 1 aromatic carbocycles. The van der Waals surface area contributed by atoms with Crippen LogP contribution >= 0.6 is 15.9 Å². The number of hydrogen-bond donors (Lipinski definition) is 2. The summed E-state index contributed by atoms with van der Waals surface area (Å²) in [5, 5.41) is 19.1. The van der Waals surface area contributed by atoms with E-state index in [-0.39, 0.29) is 12.4 Å². The SMILES string of the molecule is COc1cc(Br)cc(CN(CCCCO)C2CC2)c1O. The first-order valence-electron chi connectivity index (χ1n) is 7.06. The third kappa shape index (κ3) is 4.11. The highest BCUT2D eigenvalue weighted by molar-refractivity contribution is 9.10. The molecule has 1 fully saturated rings. The molecule has 2 rings (SSSR count). The maximum absolute atomic E-state index is 10.2. The number of ether oxygens (including phenoxy) is 1. The van der Waals surface area contributed by atoms with E-state index >= 15 is 0 Å². The molecule has 0 spiro atoms. The van der Waals surface area contributed by atoms with Gasteiger partial charge < -0.3 is 14.9 Å². The Morgan fingerprint density at radius 1 is 1.35 bits per heavy atom. The third-order valence-electron chi connectivity index (χ3n) is 3.63. The number of halogens is 1. The first kappa shape index (κ1) is 15.6. The highest BCUT2D eigenvalue weighted by atomic mass is 79.9. The largest absolute Gasteiger partial charge is 0.504 e. The Kier molecular flexibility index (Phi) is 5.69. The zero-order valence-corrected chi connectivity index (χ0v) is 13.4. The van der Waals surface area contributed by atoms with Gasteiger partial charge in [-0.1, -0.05) is 15.9 Å². The molecule has 5 heteroatoms. The molecule has 1 aromatic rings. The number of rotatable bonds is 8. The van der Waals surface area contributed by atoms with Crippen LogP contribution in [0.3, 0.4) is 0 Å². The van der Waals surface area contributed by atoms with Crippen LogP contribution < -0.4 is 4.74 Å². The lowest BCUT2D eigenvalue weighted by molar-refractivity contribution is 0.226. The fourth-order valence-electron chi connectivity index (χ4n) is 2.38. The number of methoxy groups -OCH3 is 1. The zero-order valence-electron chi connectivity index (χ0n) is 11.8. The molecule has 1 aliphatic rings. The Balaban J connectivity index is 2.07. The van der Waals surface area contributed by atoms with Gasteiger partial charge in [0.25, 0.3) is 0 Å². The number of hydrogen-bond acceptors (Lipinski definition) is 4. The molecular weight excluding hydrogens is 322 g/mol. The number of aliphatic hydroxyl groups excluding tert-OH is 1. The van der Waals surface area contributed by atoms with Crippen LogP contribution in [-0.2, 0) is 6.54 Å². The van der Waals surface area contributed by atoms with E-state index in [2.05, 4.69) is 20.8 Å². The summed E-state index contributed by atoms with van der Waals surface area (Å²) in [7, 11) is 1.56. The van der Waals surface area contributed by atoms with Crippen molar-refractivity contribution in [2.75, 3.05) is 20.3 Å². The number of phenols is 1. The van der Waals surface area contributed by atoms with Crippen molar-refractivity contribution in [1.82, 2.24) is 4.90 Å². The Hall–Kier alpha value is -0.780. The molecule has 0 bridgehead atoms. The van der Waals surface area contributed by atoms with Gasteiger partial charge in [0.2, 0.25) is 0 Å². The van der Waals surface area contributed by atoms with Crippen LogP contribution in [0.4, 0.5) is 0 Å². The predicted molar refractivity (Wildman–Crippen MR) is 82.1 cm³/mol. The van der Waals surface area contributed by atoms with Gasteiger partial charge in [0.1, 0.15) is 0 Å². The van der Waals surface area contributed by atoms with Gasteiger partial charge in [-0.2, -0.15) is 0 Å². The summed E-state index contributed by atoms with van der Waals surface area (Å²) in [5.74, 6) is 0.726. The van der Waals surface area contributed by atoms with Gasteiger partial charge in [-0.3, -0.25) is 4.90 Å². The maximum atomic E-state index is 10.2. The number of benzene rings is 1. The monoisotopic (exact) mass is 343 g/mol. The molecule has 0 heterocycles. The molecule has 0 atom stereocenters. The molecule has 0 unspecified atom stereocenters. The van der Waals surface area contributed by atoms with E-state index < -0.39 is 0 Å². The predicted octanol–water partition coefficient (Wildman–Crippen LogP) is 2.90. The summed E-state index contributed by atoms with van der Waals surface area (Å²) in [6.45, 7) is 1.92. The number of unbranched alkanes of at least 4 members (excludes halogenated alkanes) is 1. The quantitative estimate of drug-likeness (QED) is 0.712. The van der Waals surface area contributed by atoms with Crippen LogP contribution in [0.25, 0.3) is 0 Å². The molecule has 0 amide bonds. The Labute approximate surface area is 128 Å². The maximum Gasteiger partial charge on any atom is 0.162 e. The molecule has 112 valence electrons. The average molecular weight is 344 g/mol. The van der Waals surface area contributed by atoms with E-state index in [0.717, 1.165) is 36.0 Å². The van der Waals surface area contributed by atoms with E-state index in [1.54, 1.807) is 13.2 Å². The summed E-state index contributed by atoms with van der Waals surface area (Å²) >= 11 is 3.45. The van der Waals surface area contributed by atoms with Crippen molar-refractivity contribution in [2.24, 2.45) is 0 Å². The van der Waals surface area contributed by atoms with Crippen molar-refractivity contribution in [2.45, 2.75) is 38.3 Å². The molecule has 4 nitrogen and oxygen atoms in total. The van der Waals surface area contributed by atoms with E-state index in [1.165, 1.54) is 12.8 Å². The zero-order chi connectivity index (χ0) is 14.5. The highest BCUT2D eigenvalue weighted by Gasteiger charge is 2.29. The summed E-state index contributed by atoms with van der Waals surface area (Å²) in [6, 6.07) is 4.34. The molecule has 0 aliphatic heterocycles. The lowest BCUT2D eigenvalue weighted by Crippen LogP contribution is -2.27. The number of nitrogens with zero attached hydrogens (tertiary/aromatic N) is 1. The molecule has 20 heavy (non-hydrogen) atoms. The van der Waals surface area contributed by atoms with Gasteiger partial charge in [-0.25, -0.2) is 0 Å². The van der Waals surface area contributed by atoms with Crippen LogP contribution in [0.1, 0.15) is 31.2 Å². The molecule has 1 saturated carbocycles. The lowest BCUT2D eigenvalue weighted by Gasteiger charge is -2.23. The molecule has 0 aromatic heterocycles. The molecule has 0 radical (unpaired) electrons. The normalized spacial score (nSPS) is 14.8. The van der Waals surface area contributed by atoms with E-state index in [0.29, 0.717) is 11.8 Å². The highest BCUT2D eigenvalue weighted by Crippen LogP contribution is 2.36. The second-order valence-electron chi connectivity index (χ2n) is 5.25. The van der Waals surface area contributed by atoms with Crippen LogP contribution in [0, 0.1) is 0 Å². The molecule has 0 saturated heterocycles. The van der Waals surface area contributed by atoms with Crippen molar-refractivity contribution < 1.29 is 14.9 Å². The fraction of sp³-hybridized carbons (Fsp3) is 0.600. The second-order valence-corrected chi connectivity index (χ2v) is 6.16. The van der Waals surface area contributed by atoms with Crippen molar-refractivity contribution in [3.63, 3.8) is 0 Å². The lowest BCUT2D eigenvalue weighted by atomic mass is 10.1. The summed E-state index contributed by atoms with van der Waals surface area (Å²) in [5.41, 5.74) is 0.882. The third-order valence-corrected chi connectivity index (χ3v) is 4.09. The van der Waals surface area contributed by atoms with Crippen LogP contribution in [0.5, 0.6) is 11.5 Å². The van der Waals surface area contributed by atoms with Crippen molar-refractivity contribution >= 4 is 15.9 Å². The van der Waals surface area contributed by atoms with E-state index in [4.69, 9.17) is 9.84 Å². The first-order chi connectivity index (χ1) is 9.65. The van der Waals surface area contributed by atoms with Gasteiger partial charge >= 0.3 is 0 Å². The Morgan fingerprint density at radius 2 is 2.10 bits per heavy atom. The minimum Gasteiger partial charge on any atom is -0.504 e.